The summed E-state index contributed by atoms with van der Waals surface area (Å²) in [6.07, 6.45) is 10.0. The molecule has 1 aromatic rings. The van der Waals surface area contributed by atoms with Crippen LogP contribution in [0.3, 0.4) is 0 Å². The summed E-state index contributed by atoms with van der Waals surface area (Å²) in [7, 11) is -1.76. The van der Waals surface area contributed by atoms with Gasteiger partial charge in [0.25, 0.3) is 0 Å². The molecule has 0 aromatic heterocycles. The zero-order valence-electron chi connectivity index (χ0n) is 18.9. The summed E-state index contributed by atoms with van der Waals surface area (Å²) < 4.78 is 6.25. The summed E-state index contributed by atoms with van der Waals surface area (Å²) in [5.41, 5.74) is 0. The van der Waals surface area contributed by atoms with Gasteiger partial charge in [-0.15, -0.1) is 0 Å². The van der Waals surface area contributed by atoms with Crippen LogP contribution in [0.4, 0.5) is 0 Å². The summed E-state index contributed by atoms with van der Waals surface area (Å²) in [6.45, 7) is 14.1. The van der Waals surface area contributed by atoms with E-state index in [1.54, 1.807) is 5.19 Å². The minimum absolute atomic E-state index is 0.323. The third-order valence-electron chi connectivity index (χ3n) is 6.17. The van der Waals surface area contributed by atoms with E-state index < -0.39 is 26.5 Å². The second-order valence-corrected chi connectivity index (χ2v) is 27.8. The standard InChI is InChI=1S/C12H17OSi.3C4H9.Sn/c1-11(13)9-10-14(2,3)12-7-5-4-6-8-12;3*1-3-4-2;/h4-9,11,13H,1-3H3;3*1,3-4H2,2H3;. The van der Waals surface area contributed by atoms with E-state index in [-0.39, 0.29) is 6.10 Å². The minimum atomic E-state index is -2.56. The first-order valence-electron chi connectivity index (χ1n) is 11.3. The van der Waals surface area contributed by atoms with Gasteiger partial charge in [-0.05, 0) is 0 Å². The van der Waals surface area contributed by atoms with Gasteiger partial charge in [-0.1, -0.05) is 0 Å². The maximum absolute atomic E-state index is 10.5. The van der Waals surface area contributed by atoms with Crippen LogP contribution in [0.25, 0.3) is 0 Å². The average molecular weight is 495 g/mol. The van der Waals surface area contributed by atoms with Crippen molar-refractivity contribution in [1.82, 2.24) is 0 Å². The number of aliphatic hydroxyl groups excluding tert-OH is 1. The quantitative estimate of drug-likeness (QED) is 0.297. The monoisotopic (exact) mass is 496 g/mol. The van der Waals surface area contributed by atoms with E-state index in [2.05, 4.69) is 70.3 Å². The summed E-state index contributed by atoms with van der Waals surface area (Å²) in [4.78, 5) is 0. The molecule has 0 aliphatic heterocycles. The van der Waals surface area contributed by atoms with Crippen molar-refractivity contribution in [2.24, 2.45) is 0 Å². The first kappa shape index (κ1) is 25.0. The first-order valence-corrected chi connectivity index (χ1v) is 21.8. The Morgan fingerprint density at radius 3 is 1.74 bits per heavy atom. The van der Waals surface area contributed by atoms with Crippen LogP contribution in [0.5, 0.6) is 0 Å². The number of benzene rings is 1. The molecule has 0 fully saturated rings. The number of rotatable bonds is 13. The Kier molecular flexibility index (Phi) is 11.6. The van der Waals surface area contributed by atoms with E-state index in [1.165, 1.54) is 51.8 Å². The molecule has 1 rings (SSSR count). The topological polar surface area (TPSA) is 20.2 Å². The fourth-order valence-electron chi connectivity index (χ4n) is 4.62. The molecule has 0 amide bonds. The van der Waals surface area contributed by atoms with Gasteiger partial charge in [-0.25, -0.2) is 0 Å². The van der Waals surface area contributed by atoms with Crippen LogP contribution >= 0.6 is 0 Å². The maximum atomic E-state index is 10.5. The molecule has 1 nitrogen and oxygen atoms in total. The molecule has 27 heavy (non-hydrogen) atoms. The summed E-state index contributed by atoms with van der Waals surface area (Å²) in [5, 5.41) is 12.0. The van der Waals surface area contributed by atoms with Gasteiger partial charge in [0.2, 0.25) is 0 Å². The Morgan fingerprint density at radius 1 is 0.926 bits per heavy atom. The molecule has 0 aliphatic rings. The second kappa shape index (κ2) is 12.5. The Bertz CT molecular complexity index is 529. The molecule has 0 aliphatic carbocycles. The molecule has 3 heteroatoms. The second-order valence-electron chi connectivity index (χ2n) is 8.90. The molecule has 0 saturated carbocycles. The van der Waals surface area contributed by atoms with Gasteiger partial charge in [0, 0.05) is 0 Å². The molecule has 1 N–H and O–H groups in total. The number of hydrogen-bond donors (Lipinski definition) is 1. The van der Waals surface area contributed by atoms with Gasteiger partial charge < -0.3 is 0 Å². The average Bonchev–Trinajstić information content (AvgIpc) is 2.66. The molecule has 0 heterocycles. The van der Waals surface area contributed by atoms with E-state index >= 15 is 0 Å². The molecule has 0 bridgehead atoms. The van der Waals surface area contributed by atoms with Crippen molar-refractivity contribution >= 4 is 31.6 Å². The molecular formula is C24H44OSiSn. The van der Waals surface area contributed by atoms with Crippen LogP contribution in [-0.2, 0) is 0 Å². The molecule has 1 atom stereocenters. The zero-order chi connectivity index (χ0) is 20.3. The van der Waals surface area contributed by atoms with Gasteiger partial charge in [0.1, 0.15) is 0 Å². The van der Waals surface area contributed by atoms with Crippen LogP contribution in [0.2, 0.25) is 26.4 Å². The third kappa shape index (κ3) is 7.36. The molecule has 0 saturated heterocycles. The Labute approximate surface area is 174 Å². The van der Waals surface area contributed by atoms with Crippen LogP contribution in [0.15, 0.2) is 39.6 Å². The fraction of sp³-hybridized carbons (Fsp3) is 0.667. The van der Waals surface area contributed by atoms with Crippen molar-refractivity contribution < 1.29 is 5.11 Å². The predicted molar refractivity (Wildman–Crippen MR) is 128 cm³/mol. The van der Waals surface area contributed by atoms with Crippen LogP contribution in [-0.4, -0.2) is 37.7 Å². The number of hydrogen-bond acceptors (Lipinski definition) is 1. The van der Waals surface area contributed by atoms with Gasteiger partial charge in [-0.3, -0.25) is 0 Å². The number of aliphatic hydroxyl groups is 1. The Hall–Kier alpha value is -0.0644. The molecule has 1 aromatic carbocycles. The van der Waals surface area contributed by atoms with E-state index in [9.17, 15) is 5.11 Å². The SMILES string of the molecule is CCC[CH2][Sn]([CH2]CCC)([CH2]CCC)/[C](=C\C(C)O)[Si](C)(C)c1ccccc1. The van der Waals surface area contributed by atoms with Crippen LogP contribution in [0, 0.1) is 0 Å². The van der Waals surface area contributed by atoms with Crippen LogP contribution in [0.1, 0.15) is 66.2 Å². The van der Waals surface area contributed by atoms with Crippen molar-refractivity contribution in [3.05, 3.63) is 39.6 Å². The van der Waals surface area contributed by atoms with Crippen molar-refractivity contribution in [1.29, 1.82) is 0 Å². The number of unbranched alkanes of at least 4 members (excludes halogenated alkanes) is 3. The summed E-state index contributed by atoms with van der Waals surface area (Å²) in [5.74, 6) is 0. The zero-order valence-corrected chi connectivity index (χ0v) is 22.7. The fourth-order valence-corrected chi connectivity index (χ4v) is 38.0. The first-order chi connectivity index (χ1) is 12.8. The van der Waals surface area contributed by atoms with Crippen molar-refractivity contribution in [2.45, 2.75) is 98.7 Å². The summed E-state index contributed by atoms with van der Waals surface area (Å²) in [6, 6.07) is 11.2. The van der Waals surface area contributed by atoms with Gasteiger partial charge in [0.05, 0.1) is 0 Å². The van der Waals surface area contributed by atoms with E-state index in [4.69, 9.17) is 0 Å². The van der Waals surface area contributed by atoms with Gasteiger partial charge in [-0.2, -0.15) is 0 Å². The van der Waals surface area contributed by atoms with Crippen molar-refractivity contribution in [3.63, 3.8) is 0 Å². The predicted octanol–water partition coefficient (Wildman–Crippen LogP) is 6.84. The molecular weight excluding hydrogens is 451 g/mol. The van der Waals surface area contributed by atoms with Gasteiger partial charge >= 0.3 is 175 Å². The van der Waals surface area contributed by atoms with Crippen LogP contribution < -0.4 is 5.19 Å². The van der Waals surface area contributed by atoms with Gasteiger partial charge in [0.15, 0.2) is 0 Å². The van der Waals surface area contributed by atoms with E-state index in [0.29, 0.717) is 0 Å². The van der Waals surface area contributed by atoms with E-state index in [1.807, 2.05) is 10.1 Å². The Morgan fingerprint density at radius 2 is 1.37 bits per heavy atom. The molecule has 1 unspecified atom stereocenters. The third-order valence-corrected chi connectivity index (χ3v) is 33.3. The summed E-state index contributed by atoms with van der Waals surface area (Å²) >= 11 is -2.56. The molecule has 154 valence electrons. The van der Waals surface area contributed by atoms with E-state index in [0.717, 1.165) is 0 Å². The van der Waals surface area contributed by atoms with Crippen molar-refractivity contribution in [2.75, 3.05) is 0 Å². The van der Waals surface area contributed by atoms with Crippen molar-refractivity contribution in [3.8, 4) is 0 Å². The molecule has 0 spiro atoms. The Balaban J connectivity index is 3.52. The normalized spacial score (nSPS) is 14.4. The molecule has 0 radical (unpaired) electrons.